The summed E-state index contributed by atoms with van der Waals surface area (Å²) in [5.74, 6) is -0.699. The quantitative estimate of drug-likeness (QED) is 0.633. The maximum absolute atomic E-state index is 10.1. The highest BCUT2D eigenvalue weighted by atomic mass is 16.4. The van der Waals surface area contributed by atoms with E-state index < -0.39 is 5.97 Å². The van der Waals surface area contributed by atoms with Crippen LogP contribution in [0.4, 0.5) is 0 Å². The lowest BCUT2D eigenvalue weighted by Gasteiger charge is -2.13. The second-order valence-corrected chi connectivity index (χ2v) is 2.80. The smallest absolute Gasteiger partial charge is 0.303 e. The van der Waals surface area contributed by atoms with Crippen molar-refractivity contribution in [3.05, 3.63) is 0 Å². The van der Waals surface area contributed by atoms with E-state index in [9.17, 15) is 4.79 Å². The van der Waals surface area contributed by atoms with Gasteiger partial charge in [-0.1, -0.05) is 6.92 Å². The molecule has 3 heteroatoms. The summed E-state index contributed by atoms with van der Waals surface area (Å²) in [6.45, 7) is 4.06. The van der Waals surface area contributed by atoms with Crippen LogP contribution >= 0.6 is 0 Å². The van der Waals surface area contributed by atoms with Crippen LogP contribution in [0.15, 0.2) is 0 Å². The first-order valence-electron chi connectivity index (χ1n) is 4.07. The molecule has 0 aromatic heterocycles. The van der Waals surface area contributed by atoms with Gasteiger partial charge in [0.15, 0.2) is 0 Å². The lowest BCUT2D eigenvalue weighted by molar-refractivity contribution is -0.137. The minimum absolute atomic E-state index is 0.286. The summed E-state index contributed by atoms with van der Waals surface area (Å²) < 4.78 is 0. The number of carboxylic acid groups (broad SMARTS) is 1. The van der Waals surface area contributed by atoms with E-state index in [1.165, 1.54) is 0 Å². The fraction of sp³-hybridized carbons (Fsp3) is 0.875. The third-order valence-corrected chi connectivity index (χ3v) is 1.54. The normalized spacial score (nSPS) is 10.5. The molecule has 11 heavy (non-hydrogen) atoms. The minimum Gasteiger partial charge on any atom is -0.481 e. The molecule has 0 aromatic rings. The second kappa shape index (κ2) is 6.16. The number of carbonyl (C=O) groups is 1. The third kappa shape index (κ3) is 7.33. The molecule has 0 aromatic carbocycles. The number of rotatable bonds is 6. The van der Waals surface area contributed by atoms with Crippen molar-refractivity contribution in [2.45, 2.75) is 26.2 Å². The first kappa shape index (κ1) is 10.4. The molecule has 0 aliphatic rings. The van der Waals surface area contributed by atoms with E-state index in [2.05, 4.69) is 11.8 Å². The Morgan fingerprint density at radius 1 is 1.45 bits per heavy atom. The van der Waals surface area contributed by atoms with Crippen LogP contribution in [0.25, 0.3) is 0 Å². The molecule has 0 aliphatic carbocycles. The predicted octanol–water partition coefficient (Wildman–Crippen LogP) is 1.19. The molecular formula is C8H17NO2. The molecule has 0 fully saturated rings. The van der Waals surface area contributed by atoms with Gasteiger partial charge in [-0.15, -0.1) is 0 Å². The molecule has 0 saturated heterocycles. The second-order valence-electron chi connectivity index (χ2n) is 2.80. The number of carboxylic acids is 1. The van der Waals surface area contributed by atoms with Crippen molar-refractivity contribution < 1.29 is 9.90 Å². The fourth-order valence-electron chi connectivity index (χ4n) is 0.994. The van der Waals surface area contributed by atoms with E-state index in [0.29, 0.717) is 0 Å². The van der Waals surface area contributed by atoms with E-state index >= 15 is 0 Å². The van der Waals surface area contributed by atoms with Gasteiger partial charge in [-0.3, -0.25) is 4.79 Å². The summed E-state index contributed by atoms with van der Waals surface area (Å²) in [5.41, 5.74) is 0. The highest BCUT2D eigenvalue weighted by Gasteiger charge is 1.99. The van der Waals surface area contributed by atoms with E-state index in [-0.39, 0.29) is 6.42 Å². The number of aliphatic carboxylic acids is 1. The van der Waals surface area contributed by atoms with Gasteiger partial charge in [-0.2, -0.15) is 0 Å². The van der Waals surface area contributed by atoms with Crippen LogP contribution in [0.5, 0.6) is 0 Å². The Hall–Kier alpha value is -0.570. The molecule has 3 nitrogen and oxygen atoms in total. The Kier molecular flexibility index (Phi) is 5.84. The highest BCUT2D eigenvalue weighted by molar-refractivity contribution is 5.66. The average Bonchev–Trinajstić information content (AvgIpc) is 1.87. The molecule has 0 unspecified atom stereocenters. The highest BCUT2D eigenvalue weighted by Crippen LogP contribution is 1.93. The summed E-state index contributed by atoms with van der Waals surface area (Å²) in [5, 5.41) is 8.34. The van der Waals surface area contributed by atoms with E-state index in [1.54, 1.807) is 0 Å². The van der Waals surface area contributed by atoms with Crippen molar-refractivity contribution in [1.29, 1.82) is 0 Å². The molecular weight excluding hydrogens is 142 g/mol. The number of hydrogen-bond donors (Lipinski definition) is 1. The molecule has 0 aliphatic heterocycles. The lowest BCUT2D eigenvalue weighted by atomic mass is 10.3. The topological polar surface area (TPSA) is 40.5 Å². The summed E-state index contributed by atoms with van der Waals surface area (Å²) in [7, 11) is 2.02. The Bertz CT molecular complexity index is 115. The molecule has 0 amide bonds. The van der Waals surface area contributed by atoms with Gasteiger partial charge in [0, 0.05) is 6.42 Å². The van der Waals surface area contributed by atoms with Gasteiger partial charge in [-0.25, -0.2) is 0 Å². The molecule has 0 radical (unpaired) electrons. The van der Waals surface area contributed by atoms with Crippen molar-refractivity contribution >= 4 is 5.97 Å². The maximum atomic E-state index is 10.1. The average molecular weight is 159 g/mol. The van der Waals surface area contributed by atoms with Crippen molar-refractivity contribution in [2.75, 3.05) is 20.1 Å². The Balaban J connectivity index is 3.16. The van der Waals surface area contributed by atoms with E-state index in [0.717, 1.165) is 25.9 Å². The van der Waals surface area contributed by atoms with Crippen LogP contribution in [-0.2, 0) is 4.79 Å². The van der Waals surface area contributed by atoms with Gasteiger partial charge in [0.25, 0.3) is 0 Å². The van der Waals surface area contributed by atoms with E-state index in [4.69, 9.17) is 5.11 Å². The summed E-state index contributed by atoms with van der Waals surface area (Å²) in [6.07, 6.45) is 2.17. The predicted molar refractivity (Wildman–Crippen MR) is 44.7 cm³/mol. The number of hydrogen-bond acceptors (Lipinski definition) is 2. The van der Waals surface area contributed by atoms with Crippen molar-refractivity contribution in [1.82, 2.24) is 4.90 Å². The molecule has 0 atom stereocenters. The molecule has 0 saturated carbocycles. The Morgan fingerprint density at radius 2 is 2.09 bits per heavy atom. The van der Waals surface area contributed by atoms with Crippen LogP contribution < -0.4 is 0 Å². The van der Waals surface area contributed by atoms with Gasteiger partial charge < -0.3 is 10.0 Å². The zero-order valence-electron chi connectivity index (χ0n) is 7.34. The largest absolute Gasteiger partial charge is 0.481 e. The zero-order valence-corrected chi connectivity index (χ0v) is 7.34. The van der Waals surface area contributed by atoms with Crippen molar-refractivity contribution in [3.8, 4) is 0 Å². The zero-order chi connectivity index (χ0) is 8.69. The van der Waals surface area contributed by atoms with E-state index in [1.807, 2.05) is 7.05 Å². The van der Waals surface area contributed by atoms with Gasteiger partial charge in [0.1, 0.15) is 0 Å². The summed E-state index contributed by atoms with van der Waals surface area (Å²) >= 11 is 0. The Morgan fingerprint density at radius 3 is 2.55 bits per heavy atom. The standard InChI is InChI=1S/C8H17NO2/c1-3-6-9(2)7-4-5-8(10)11/h3-7H2,1-2H3,(H,10,11). The summed E-state index contributed by atoms with van der Waals surface area (Å²) in [4.78, 5) is 12.3. The van der Waals surface area contributed by atoms with Crippen molar-refractivity contribution in [3.63, 3.8) is 0 Å². The molecule has 66 valence electrons. The number of nitrogens with zero attached hydrogens (tertiary/aromatic N) is 1. The van der Waals surface area contributed by atoms with Gasteiger partial charge in [0.2, 0.25) is 0 Å². The molecule has 0 spiro atoms. The molecule has 0 rings (SSSR count). The first-order chi connectivity index (χ1) is 5.16. The van der Waals surface area contributed by atoms with Crippen LogP contribution in [0.1, 0.15) is 26.2 Å². The van der Waals surface area contributed by atoms with Gasteiger partial charge >= 0.3 is 5.97 Å². The first-order valence-corrected chi connectivity index (χ1v) is 4.07. The monoisotopic (exact) mass is 159 g/mol. The SMILES string of the molecule is CCCN(C)CCCC(=O)O. The fourth-order valence-corrected chi connectivity index (χ4v) is 0.994. The van der Waals surface area contributed by atoms with Crippen LogP contribution in [0.2, 0.25) is 0 Å². The molecule has 0 heterocycles. The Labute approximate surface area is 68.0 Å². The van der Waals surface area contributed by atoms with Crippen LogP contribution in [0.3, 0.4) is 0 Å². The third-order valence-electron chi connectivity index (χ3n) is 1.54. The van der Waals surface area contributed by atoms with Gasteiger partial charge in [-0.05, 0) is 33.0 Å². The van der Waals surface area contributed by atoms with Gasteiger partial charge in [0.05, 0.1) is 0 Å². The van der Waals surface area contributed by atoms with Crippen molar-refractivity contribution in [2.24, 2.45) is 0 Å². The molecule has 1 N–H and O–H groups in total. The minimum atomic E-state index is -0.699. The van der Waals surface area contributed by atoms with Crippen LogP contribution in [0, 0.1) is 0 Å². The maximum Gasteiger partial charge on any atom is 0.303 e. The lowest BCUT2D eigenvalue weighted by Crippen LogP contribution is -2.20. The van der Waals surface area contributed by atoms with Crippen LogP contribution in [-0.4, -0.2) is 36.1 Å². The molecule has 0 bridgehead atoms. The summed E-state index contributed by atoms with van der Waals surface area (Å²) in [6, 6.07) is 0.